The summed E-state index contributed by atoms with van der Waals surface area (Å²) in [5.41, 5.74) is 10.9. The Labute approximate surface area is 221 Å². The van der Waals surface area contributed by atoms with Gasteiger partial charge in [-0.05, 0) is 46.5 Å². The highest BCUT2D eigenvalue weighted by atomic mass is 16.3. The van der Waals surface area contributed by atoms with Gasteiger partial charge < -0.3 is 9.73 Å². The molecular formula is C36H25NO. The first-order valence-corrected chi connectivity index (χ1v) is 12.9. The van der Waals surface area contributed by atoms with Crippen molar-refractivity contribution >= 4 is 33.3 Å². The third kappa shape index (κ3) is 4.03. The van der Waals surface area contributed by atoms with Gasteiger partial charge in [-0.15, -0.1) is 0 Å². The second-order valence-corrected chi connectivity index (χ2v) is 9.48. The van der Waals surface area contributed by atoms with Crippen LogP contribution in [0.15, 0.2) is 150 Å². The summed E-state index contributed by atoms with van der Waals surface area (Å²) in [4.78, 5) is 0. The first-order chi connectivity index (χ1) is 18.8. The van der Waals surface area contributed by atoms with Crippen LogP contribution in [0.25, 0.3) is 55.3 Å². The van der Waals surface area contributed by atoms with Gasteiger partial charge in [0.15, 0.2) is 0 Å². The van der Waals surface area contributed by atoms with E-state index in [1.165, 1.54) is 11.1 Å². The van der Waals surface area contributed by atoms with Crippen LogP contribution in [0.3, 0.4) is 0 Å². The molecule has 6 aromatic carbocycles. The van der Waals surface area contributed by atoms with Crippen molar-refractivity contribution in [1.82, 2.24) is 0 Å². The fourth-order valence-electron chi connectivity index (χ4n) is 5.17. The van der Waals surface area contributed by atoms with E-state index < -0.39 is 0 Å². The van der Waals surface area contributed by atoms with Crippen molar-refractivity contribution < 1.29 is 4.42 Å². The molecule has 0 amide bonds. The first kappa shape index (κ1) is 22.1. The molecule has 0 unspecified atom stereocenters. The van der Waals surface area contributed by atoms with Crippen molar-refractivity contribution in [1.29, 1.82) is 0 Å². The Hall–Kier alpha value is -5.08. The summed E-state index contributed by atoms with van der Waals surface area (Å²) in [6.07, 6.45) is 0. The molecule has 0 aliphatic heterocycles. The first-order valence-electron chi connectivity index (χ1n) is 12.9. The Morgan fingerprint density at radius 3 is 1.29 bits per heavy atom. The highest BCUT2D eigenvalue weighted by Gasteiger charge is 2.15. The third-order valence-electron chi connectivity index (χ3n) is 7.09. The standard InChI is InChI=1S/C36H25NO/c1-3-9-25(10-4-1)26-17-21-29(22-18-26)37-30-23-19-28(20-24-30)32-14-8-16-34-33-15-7-13-31(35(33)38-36(32)34)27-11-5-2-6-12-27/h1-24,37H. The number of benzene rings is 6. The molecule has 180 valence electrons. The summed E-state index contributed by atoms with van der Waals surface area (Å²) in [6, 6.07) is 50.7. The van der Waals surface area contributed by atoms with Crippen LogP contribution >= 0.6 is 0 Å². The second-order valence-electron chi connectivity index (χ2n) is 9.48. The van der Waals surface area contributed by atoms with Crippen molar-refractivity contribution in [3.8, 4) is 33.4 Å². The fourth-order valence-corrected chi connectivity index (χ4v) is 5.17. The molecule has 0 saturated carbocycles. The molecule has 1 heterocycles. The van der Waals surface area contributed by atoms with Crippen molar-refractivity contribution in [2.75, 3.05) is 5.32 Å². The zero-order chi connectivity index (χ0) is 25.3. The lowest BCUT2D eigenvalue weighted by Crippen LogP contribution is -1.90. The summed E-state index contributed by atoms with van der Waals surface area (Å²) < 4.78 is 6.58. The molecule has 0 saturated heterocycles. The normalized spacial score (nSPS) is 11.2. The molecule has 0 bridgehead atoms. The van der Waals surface area contributed by atoms with Crippen molar-refractivity contribution in [2.24, 2.45) is 0 Å². The Morgan fingerprint density at radius 2 is 0.763 bits per heavy atom. The SMILES string of the molecule is c1ccc(-c2ccc(Nc3ccc(-c4cccc5c4oc4c(-c6ccccc6)cccc45)cc3)cc2)cc1. The topological polar surface area (TPSA) is 25.2 Å². The highest BCUT2D eigenvalue weighted by Crippen LogP contribution is 2.40. The molecule has 1 N–H and O–H groups in total. The van der Waals surface area contributed by atoms with Crippen LogP contribution in [0, 0.1) is 0 Å². The van der Waals surface area contributed by atoms with E-state index in [9.17, 15) is 0 Å². The van der Waals surface area contributed by atoms with Crippen LogP contribution in [0.1, 0.15) is 0 Å². The summed E-state index contributed by atoms with van der Waals surface area (Å²) >= 11 is 0. The van der Waals surface area contributed by atoms with Gasteiger partial charge >= 0.3 is 0 Å². The average molecular weight is 488 g/mol. The number of nitrogens with one attached hydrogen (secondary N) is 1. The number of hydrogen-bond donors (Lipinski definition) is 1. The van der Waals surface area contributed by atoms with Crippen molar-refractivity contribution in [3.05, 3.63) is 146 Å². The summed E-state index contributed by atoms with van der Waals surface area (Å²) in [7, 11) is 0. The van der Waals surface area contributed by atoms with Gasteiger partial charge in [0, 0.05) is 33.3 Å². The number of para-hydroxylation sites is 2. The highest BCUT2D eigenvalue weighted by molar-refractivity contribution is 6.13. The van der Waals surface area contributed by atoms with E-state index in [0.717, 1.165) is 55.6 Å². The summed E-state index contributed by atoms with van der Waals surface area (Å²) in [5.74, 6) is 0. The summed E-state index contributed by atoms with van der Waals surface area (Å²) in [6.45, 7) is 0. The largest absolute Gasteiger partial charge is 0.455 e. The minimum Gasteiger partial charge on any atom is -0.455 e. The van der Waals surface area contributed by atoms with Crippen LogP contribution in [0.2, 0.25) is 0 Å². The van der Waals surface area contributed by atoms with Crippen LogP contribution in [-0.2, 0) is 0 Å². The predicted octanol–water partition coefficient (Wildman–Crippen LogP) is 10.3. The molecule has 0 aliphatic rings. The number of anilines is 2. The molecule has 2 heteroatoms. The van der Waals surface area contributed by atoms with E-state index in [1.807, 2.05) is 12.1 Å². The van der Waals surface area contributed by atoms with E-state index in [2.05, 4.69) is 139 Å². The number of rotatable bonds is 5. The van der Waals surface area contributed by atoms with Crippen LogP contribution in [0.4, 0.5) is 11.4 Å². The molecule has 0 fully saturated rings. The Balaban J connectivity index is 1.20. The molecular weight excluding hydrogens is 462 g/mol. The Morgan fingerprint density at radius 1 is 0.342 bits per heavy atom. The number of fused-ring (bicyclic) bond motifs is 3. The molecule has 1 aromatic heterocycles. The zero-order valence-electron chi connectivity index (χ0n) is 20.8. The summed E-state index contributed by atoms with van der Waals surface area (Å²) in [5, 5.41) is 5.80. The number of furan rings is 1. The van der Waals surface area contributed by atoms with Gasteiger partial charge in [-0.3, -0.25) is 0 Å². The zero-order valence-corrected chi connectivity index (χ0v) is 20.8. The van der Waals surface area contributed by atoms with E-state index in [4.69, 9.17) is 4.42 Å². The average Bonchev–Trinajstić information content (AvgIpc) is 3.38. The van der Waals surface area contributed by atoms with Gasteiger partial charge in [0.25, 0.3) is 0 Å². The molecule has 38 heavy (non-hydrogen) atoms. The minimum atomic E-state index is 0.920. The van der Waals surface area contributed by atoms with Gasteiger partial charge in [-0.1, -0.05) is 121 Å². The monoisotopic (exact) mass is 487 g/mol. The van der Waals surface area contributed by atoms with E-state index in [0.29, 0.717) is 0 Å². The van der Waals surface area contributed by atoms with E-state index >= 15 is 0 Å². The van der Waals surface area contributed by atoms with E-state index in [-0.39, 0.29) is 0 Å². The molecule has 7 rings (SSSR count). The maximum Gasteiger partial charge on any atom is 0.143 e. The molecule has 2 nitrogen and oxygen atoms in total. The molecule has 7 aromatic rings. The van der Waals surface area contributed by atoms with Crippen molar-refractivity contribution in [3.63, 3.8) is 0 Å². The second kappa shape index (κ2) is 9.42. The quantitative estimate of drug-likeness (QED) is 0.261. The fraction of sp³-hybridized carbons (Fsp3) is 0. The molecule has 0 atom stereocenters. The maximum atomic E-state index is 6.58. The minimum absolute atomic E-state index is 0.920. The lowest BCUT2D eigenvalue weighted by Gasteiger charge is -2.09. The van der Waals surface area contributed by atoms with E-state index in [1.54, 1.807) is 0 Å². The molecule has 0 radical (unpaired) electrons. The van der Waals surface area contributed by atoms with Crippen molar-refractivity contribution in [2.45, 2.75) is 0 Å². The Bertz CT molecular complexity index is 1850. The van der Waals surface area contributed by atoms with Gasteiger partial charge in [0.05, 0.1) is 0 Å². The van der Waals surface area contributed by atoms with Crippen LogP contribution in [-0.4, -0.2) is 0 Å². The van der Waals surface area contributed by atoms with Crippen LogP contribution in [0.5, 0.6) is 0 Å². The Kier molecular flexibility index (Phi) is 5.49. The molecule has 0 spiro atoms. The van der Waals surface area contributed by atoms with Crippen LogP contribution < -0.4 is 5.32 Å². The smallest absolute Gasteiger partial charge is 0.143 e. The third-order valence-corrected chi connectivity index (χ3v) is 7.09. The van der Waals surface area contributed by atoms with Gasteiger partial charge in [0.1, 0.15) is 11.2 Å². The van der Waals surface area contributed by atoms with Gasteiger partial charge in [0.2, 0.25) is 0 Å². The predicted molar refractivity (Wildman–Crippen MR) is 160 cm³/mol. The lowest BCUT2D eigenvalue weighted by atomic mass is 10.00. The molecule has 0 aliphatic carbocycles. The maximum absolute atomic E-state index is 6.58. The number of hydrogen-bond acceptors (Lipinski definition) is 2. The van der Waals surface area contributed by atoms with Gasteiger partial charge in [-0.25, -0.2) is 0 Å². The lowest BCUT2D eigenvalue weighted by molar-refractivity contribution is 0.671. The van der Waals surface area contributed by atoms with Gasteiger partial charge in [-0.2, -0.15) is 0 Å².